The highest BCUT2D eigenvalue weighted by Gasteiger charge is 2.30. The Bertz CT molecular complexity index is 1040. The summed E-state index contributed by atoms with van der Waals surface area (Å²) in [5, 5.41) is 10.2. The van der Waals surface area contributed by atoms with Gasteiger partial charge in [-0.3, -0.25) is 0 Å². The zero-order valence-corrected chi connectivity index (χ0v) is 12.4. The average molecular weight is 285 g/mol. The van der Waals surface area contributed by atoms with E-state index in [0.29, 0.717) is 11.3 Å². The molecule has 0 amide bonds. The molecule has 0 atom stereocenters. The molecule has 104 valence electrons. The quantitative estimate of drug-likeness (QED) is 0.361. The van der Waals surface area contributed by atoms with Crippen LogP contribution in [0.2, 0.25) is 0 Å². The monoisotopic (exact) mass is 285 g/mol. The van der Waals surface area contributed by atoms with E-state index < -0.39 is 0 Å². The molecule has 0 bridgehead atoms. The Hall–Kier alpha value is -3.11. The van der Waals surface area contributed by atoms with Crippen LogP contribution in [0, 0.1) is 31.8 Å². The fourth-order valence-corrected chi connectivity index (χ4v) is 3.21. The molecule has 0 fully saturated rings. The lowest BCUT2D eigenvalue weighted by Crippen LogP contribution is -2.36. The van der Waals surface area contributed by atoms with Gasteiger partial charge in [0.15, 0.2) is 6.54 Å². The number of nitrogens with zero attached hydrogens (tertiary/aromatic N) is 4. The molecule has 0 spiro atoms. The summed E-state index contributed by atoms with van der Waals surface area (Å²) < 4.78 is 4.16. The maximum Gasteiger partial charge on any atom is 0.217 e. The number of benzene rings is 2. The Labute approximate surface area is 128 Å². The van der Waals surface area contributed by atoms with Crippen molar-refractivity contribution in [3.63, 3.8) is 0 Å². The van der Waals surface area contributed by atoms with Gasteiger partial charge in [0, 0.05) is 5.56 Å². The molecule has 1 aliphatic rings. The zero-order valence-electron chi connectivity index (χ0n) is 12.4. The second-order valence-electron chi connectivity index (χ2n) is 5.72. The van der Waals surface area contributed by atoms with Crippen LogP contribution in [0.25, 0.3) is 21.4 Å². The van der Waals surface area contributed by atoms with Gasteiger partial charge in [0.25, 0.3) is 0 Å². The van der Waals surface area contributed by atoms with E-state index in [4.69, 9.17) is 6.57 Å². The molecule has 22 heavy (non-hydrogen) atoms. The normalized spacial score (nSPS) is 11.8. The van der Waals surface area contributed by atoms with E-state index in [0.717, 1.165) is 23.1 Å². The van der Waals surface area contributed by atoms with Crippen molar-refractivity contribution in [2.45, 2.75) is 20.4 Å². The molecule has 0 N–H and O–H groups in total. The molecular formula is C18H13N4+. The van der Waals surface area contributed by atoms with E-state index in [2.05, 4.69) is 46.3 Å². The van der Waals surface area contributed by atoms with Crippen molar-refractivity contribution in [1.82, 2.24) is 4.68 Å². The number of aryl methyl sites for hydroxylation is 2. The topological polar surface area (TPSA) is 37.0 Å². The highest BCUT2D eigenvalue weighted by molar-refractivity contribution is 5.95. The van der Waals surface area contributed by atoms with Crippen molar-refractivity contribution in [3.05, 3.63) is 64.1 Å². The highest BCUT2D eigenvalue weighted by atomic mass is 15.4. The van der Waals surface area contributed by atoms with E-state index >= 15 is 0 Å². The van der Waals surface area contributed by atoms with Gasteiger partial charge >= 0.3 is 0 Å². The molecule has 2 heterocycles. The van der Waals surface area contributed by atoms with Crippen molar-refractivity contribution in [1.29, 1.82) is 5.26 Å². The van der Waals surface area contributed by atoms with E-state index in [1.807, 2.05) is 6.20 Å². The Morgan fingerprint density at radius 3 is 2.77 bits per heavy atom. The zero-order chi connectivity index (χ0) is 15.4. The van der Waals surface area contributed by atoms with Gasteiger partial charge in [-0.15, -0.1) is 9.36 Å². The molecule has 0 unspecified atom stereocenters. The molecule has 1 aromatic heterocycles. The number of nitriles is 1. The summed E-state index contributed by atoms with van der Waals surface area (Å²) in [6, 6.07) is 10.1. The van der Waals surface area contributed by atoms with Crippen LogP contribution >= 0.6 is 0 Å². The van der Waals surface area contributed by atoms with Crippen LogP contribution in [0.4, 0.5) is 5.69 Å². The van der Waals surface area contributed by atoms with Crippen LogP contribution in [0.3, 0.4) is 0 Å². The molecule has 2 aromatic carbocycles. The van der Waals surface area contributed by atoms with Crippen LogP contribution in [-0.4, -0.2) is 4.68 Å². The third-order valence-electron chi connectivity index (χ3n) is 4.44. The van der Waals surface area contributed by atoms with E-state index in [9.17, 15) is 5.26 Å². The minimum absolute atomic E-state index is 0.582. The van der Waals surface area contributed by atoms with Crippen LogP contribution in [0.1, 0.15) is 22.3 Å². The van der Waals surface area contributed by atoms with Gasteiger partial charge in [-0.1, -0.05) is 12.1 Å². The lowest BCUT2D eigenvalue weighted by atomic mass is 10.0. The maximum absolute atomic E-state index is 9.32. The minimum atomic E-state index is 0.582. The van der Waals surface area contributed by atoms with Gasteiger partial charge in [0.2, 0.25) is 11.9 Å². The van der Waals surface area contributed by atoms with Crippen molar-refractivity contribution >= 4 is 16.6 Å². The van der Waals surface area contributed by atoms with Crippen molar-refractivity contribution in [2.24, 2.45) is 0 Å². The van der Waals surface area contributed by atoms with Crippen LogP contribution < -0.4 is 4.68 Å². The molecule has 0 aliphatic carbocycles. The molecule has 4 nitrogen and oxygen atoms in total. The Morgan fingerprint density at radius 2 is 2.05 bits per heavy atom. The first kappa shape index (κ1) is 12.6. The average Bonchev–Trinajstić information content (AvgIpc) is 3.03. The number of aromatic nitrogens is 2. The Kier molecular flexibility index (Phi) is 2.40. The van der Waals surface area contributed by atoms with Gasteiger partial charge in [-0.2, -0.15) is 5.26 Å². The fourth-order valence-electron chi connectivity index (χ4n) is 3.21. The summed E-state index contributed by atoms with van der Waals surface area (Å²) in [4.78, 5) is 3.64. The molecule has 4 heteroatoms. The van der Waals surface area contributed by atoms with E-state index in [1.54, 1.807) is 12.1 Å². The van der Waals surface area contributed by atoms with Gasteiger partial charge in [0.05, 0.1) is 23.6 Å². The number of hydrogen-bond donors (Lipinski definition) is 0. The first-order valence-corrected chi connectivity index (χ1v) is 7.10. The second-order valence-corrected chi connectivity index (χ2v) is 5.72. The predicted octanol–water partition coefficient (Wildman–Crippen LogP) is 3.32. The summed E-state index contributed by atoms with van der Waals surface area (Å²) in [6.45, 7) is 12.4. The van der Waals surface area contributed by atoms with Gasteiger partial charge in [0.1, 0.15) is 11.2 Å². The number of fused-ring (bicyclic) bond motifs is 5. The van der Waals surface area contributed by atoms with Crippen LogP contribution in [0.15, 0.2) is 30.5 Å². The van der Waals surface area contributed by atoms with Crippen LogP contribution in [0.5, 0.6) is 0 Å². The van der Waals surface area contributed by atoms with Crippen molar-refractivity contribution in [3.8, 4) is 11.8 Å². The summed E-state index contributed by atoms with van der Waals surface area (Å²) in [6.07, 6.45) is 1.98. The molecule has 1 aliphatic heterocycles. The van der Waals surface area contributed by atoms with Gasteiger partial charge in [-0.05, 0) is 37.1 Å². The lowest BCUT2D eigenvalue weighted by molar-refractivity contribution is -0.749. The first-order valence-electron chi connectivity index (χ1n) is 7.10. The summed E-state index contributed by atoms with van der Waals surface area (Å²) in [7, 11) is 0. The van der Waals surface area contributed by atoms with Gasteiger partial charge in [-0.25, -0.2) is 4.85 Å². The molecule has 0 saturated carbocycles. The number of rotatable bonds is 0. The first-order chi connectivity index (χ1) is 10.6. The molecule has 0 radical (unpaired) electrons. The standard InChI is InChI=1S/C18H13N4/c1-11-6-14-9-21-10-15-13(8-19)4-5-16(20-3)18(15)22(21)17(14)7-12(11)2/h4-7,10H,9H2,1-2H3/q+1. The molecule has 3 aromatic rings. The fraction of sp³-hybridized carbons (Fsp3) is 0.167. The van der Waals surface area contributed by atoms with Gasteiger partial charge < -0.3 is 0 Å². The third-order valence-corrected chi connectivity index (χ3v) is 4.44. The maximum atomic E-state index is 9.32. The predicted molar refractivity (Wildman–Crippen MR) is 83.0 cm³/mol. The second kappa shape index (κ2) is 4.19. The summed E-state index contributed by atoms with van der Waals surface area (Å²) in [5.74, 6) is 0. The SMILES string of the molecule is [C-]#[N+]c1ccc(C#N)c2c[n+]3n(c12)-c1cc(C)c(C)cc1C3. The lowest BCUT2D eigenvalue weighted by Gasteiger charge is -2.04. The minimum Gasteiger partial charge on any atom is -0.236 e. The summed E-state index contributed by atoms with van der Waals surface area (Å²) in [5.41, 5.74) is 6.89. The molecular weight excluding hydrogens is 272 g/mol. The van der Waals surface area contributed by atoms with Crippen molar-refractivity contribution < 1.29 is 4.68 Å². The van der Waals surface area contributed by atoms with E-state index in [-0.39, 0.29) is 0 Å². The third kappa shape index (κ3) is 1.47. The summed E-state index contributed by atoms with van der Waals surface area (Å²) >= 11 is 0. The smallest absolute Gasteiger partial charge is 0.217 e. The van der Waals surface area contributed by atoms with E-state index in [1.165, 1.54) is 16.7 Å². The van der Waals surface area contributed by atoms with Crippen LogP contribution in [-0.2, 0) is 6.54 Å². The molecule has 4 rings (SSSR count). The van der Waals surface area contributed by atoms with Crippen molar-refractivity contribution in [2.75, 3.05) is 0 Å². The Balaban J connectivity index is 2.16. The number of hydrogen-bond acceptors (Lipinski definition) is 1. The largest absolute Gasteiger partial charge is 0.236 e. The highest BCUT2D eigenvalue weighted by Crippen LogP contribution is 2.34. The Morgan fingerprint density at radius 1 is 1.27 bits per heavy atom. The molecule has 0 saturated heterocycles.